The molecule has 0 spiro atoms. The Morgan fingerprint density at radius 1 is 0.926 bits per heavy atom. The first-order chi connectivity index (χ1) is 12.9. The third kappa shape index (κ3) is 2.76. The molecule has 5 fully saturated rings. The maximum atomic E-state index is 13.0. The van der Waals surface area contributed by atoms with E-state index in [2.05, 4.69) is 29.8 Å². The second kappa shape index (κ2) is 6.56. The molecule has 5 rings (SSSR count). The van der Waals surface area contributed by atoms with E-state index in [1.165, 1.54) is 51.4 Å². The molecule has 0 radical (unpaired) electrons. The summed E-state index contributed by atoms with van der Waals surface area (Å²) in [5.74, 6) is 6.42. The van der Waals surface area contributed by atoms with Crippen LogP contribution in [0, 0.1) is 52.8 Å². The predicted molar refractivity (Wildman–Crippen MR) is 112 cm³/mol. The summed E-state index contributed by atoms with van der Waals surface area (Å²) in [6.45, 7) is 4.57. The Labute approximate surface area is 173 Å². The minimum atomic E-state index is -0.422. The highest BCUT2D eigenvalue weighted by atomic mass is 79.9. The van der Waals surface area contributed by atoms with E-state index in [4.69, 9.17) is 0 Å². The number of hydrogen-bond donors (Lipinski definition) is 1. The quantitative estimate of drug-likeness (QED) is 0.571. The molecule has 27 heavy (non-hydrogen) atoms. The van der Waals surface area contributed by atoms with E-state index in [0.717, 1.165) is 48.3 Å². The zero-order chi connectivity index (χ0) is 19.0. The Balaban J connectivity index is 1.45. The first kappa shape index (κ1) is 19.1. The first-order valence-corrected chi connectivity index (χ1v) is 12.8. The molecule has 3 heteroatoms. The fourth-order valence-corrected chi connectivity index (χ4v) is 9.93. The van der Waals surface area contributed by atoms with Crippen LogP contribution in [-0.4, -0.2) is 21.8 Å². The van der Waals surface area contributed by atoms with Gasteiger partial charge in [0.1, 0.15) is 5.78 Å². The smallest absolute Gasteiger partial charge is 0.147 e. The fraction of sp³-hybridized carbons (Fsp3) is 0.958. The normalized spacial score (nSPS) is 56.7. The van der Waals surface area contributed by atoms with Gasteiger partial charge in [0, 0.05) is 5.92 Å². The number of hydrogen-bond acceptors (Lipinski definition) is 2. The molecular formula is C24H37BrO2. The average molecular weight is 437 g/mol. The second-order valence-electron chi connectivity index (χ2n) is 11.5. The third-order valence-corrected chi connectivity index (χ3v) is 10.8. The Morgan fingerprint density at radius 2 is 1.63 bits per heavy atom. The molecule has 5 saturated carbocycles. The van der Waals surface area contributed by atoms with Gasteiger partial charge in [-0.1, -0.05) is 29.3 Å². The first-order valence-electron chi connectivity index (χ1n) is 11.7. The highest BCUT2D eigenvalue weighted by Gasteiger charge is 2.65. The molecule has 0 heterocycles. The van der Waals surface area contributed by atoms with Crippen LogP contribution < -0.4 is 0 Å². The van der Waals surface area contributed by atoms with Crippen molar-refractivity contribution < 1.29 is 9.90 Å². The molecule has 0 aliphatic heterocycles. The van der Waals surface area contributed by atoms with E-state index < -0.39 is 5.60 Å². The molecule has 0 aromatic carbocycles. The van der Waals surface area contributed by atoms with Crippen molar-refractivity contribution in [2.75, 3.05) is 5.33 Å². The van der Waals surface area contributed by atoms with Crippen molar-refractivity contribution in [2.24, 2.45) is 52.8 Å². The number of fused-ring (bicyclic) bond motifs is 7. The van der Waals surface area contributed by atoms with Gasteiger partial charge in [0.05, 0.1) is 10.9 Å². The van der Waals surface area contributed by atoms with Crippen molar-refractivity contribution in [3.05, 3.63) is 0 Å². The van der Waals surface area contributed by atoms with Crippen molar-refractivity contribution in [3.8, 4) is 0 Å². The van der Waals surface area contributed by atoms with Crippen molar-refractivity contribution in [1.82, 2.24) is 0 Å². The van der Waals surface area contributed by atoms with Gasteiger partial charge in [0.15, 0.2) is 0 Å². The summed E-state index contributed by atoms with van der Waals surface area (Å²) in [6.07, 6.45) is 12.6. The molecule has 0 aromatic rings. The van der Waals surface area contributed by atoms with Gasteiger partial charge in [-0.25, -0.2) is 0 Å². The van der Waals surface area contributed by atoms with Gasteiger partial charge in [0.25, 0.3) is 0 Å². The Kier molecular flexibility index (Phi) is 4.64. The molecule has 0 amide bonds. The highest BCUT2D eigenvalue weighted by molar-refractivity contribution is 9.09. The van der Waals surface area contributed by atoms with Crippen molar-refractivity contribution in [1.29, 1.82) is 0 Å². The van der Waals surface area contributed by atoms with E-state index in [1.54, 1.807) is 0 Å². The van der Waals surface area contributed by atoms with Crippen LogP contribution in [-0.2, 0) is 4.79 Å². The molecule has 10 atom stereocenters. The second-order valence-corrected chi connectivity index (χ2v) is 12.0. The lowest BCUT2D eigenvalue weighted by molar-refractivity contribution is -0.132. The van der Waals surface area contributed by atoms with Crippen LogP contribution in [0.4, 0.5) is 0 Å². The molecule has 3 unspecified atom stereocenters. The van der Waals surface area contributed by atoms with Gasteiger partial charge in [-0.15, -0.1) is 0 Å². The summed E-state index contributed by atoms with van der Waals surface area (Å²) < 4.78 is 0. The molecule has 5 aliphatic rings. The standard InChI is InChI=1S/C24H37BrO2/c1-23(27)10-8-15-14(12-23)6-7-19-16(15)9-11-24(2)21(19)17-4-3-5-18(17)22(24)20(26)13-25/h14-19,21-22,27H,3-13H2,1-2H3/t14?,15-,16+,17+,18-,19?,21?,22+,23+,24-/m0/s1. The summed E-state index contributed by atoms with van der Waals surface area (Å²) in [5.41, 5.74) is -0.163. The zero-order valence-electron chi connectivity index (χ0n) is 17.1. The van der Waals surface area contributed by atoms with Gasteiger partial charge >= 0.3 is 0 Å². The summed E-state index contributed by atoms with van der Waals surface area (Å²) in [6, 6.07) is 0. The molecule has 0 aromatic heterocycles. The van der Waals surface area contributed by atoms with Gasteiger partial charge in [0.2, 0.25) is 0 Å². The van der Waals surface area contributed by atoms with E-state index >= 15 is 0 Å². The summed E-state index contributed by atoms with van der Waals surface area (Å²) in [4.78, 5) is 13.0. The van der Waals surface area contributed by atoms with Crippen LogP contribution >= 0.6 is 15.9 Å². The Hall–Kier alpha value is 0.110. The van der Waals surface area contributed by atoms with Gasteiger partial charge in [-0.3, -0.25) is 4.79 Å². The van der Waals surface area contributed by atoms with Crippen molar-refractivity contribution >= 4 is 21.7 Å². The van der Waals surface area contributed by atoms with E-state index in [-0.39, 0.29) is 5.41 Å². The average Bonchev–Trinajstić information content (AvgIpc) is 3.17. The highest BCUT2D eigenvalue weighted by Crippen LogP contribution is 2.70. The SMILES string of the molecule is C[C@@]1(O)CC[C@H]2C(CCC3C4[C@@H]5CCC[C@@H]5[C@H](C(=O)CBr)[C@@]4(C)CC[C@@H]32)C1. The lowest BCUT2D eigenvalue weighted by Crippen LogP contribution is -2.52. The minimum Gasteiger partial charge on any atom is -0.390 e. The van der Waals surface area contributed by atoms with Crippen LogP contribution in [0.3, 0.4) is 0 Å². The topological polar surface area (TPSA) is 37.3 Å². The minimum absolute atomic E-state index is 0.259. The lowest BCUT2D eigenvalue weighted by Gasteiger charge is -2.57. The summed E-state index contributed by atoms with van der Waals surface area (Å²) >= 11 is 3.51. The van der Waals surface area contributed by atoms with E-state index in [9.17, 15) is 9.90 Å². The van der Waals surface area contributed by atoms with Crippen LogP contribution in [0.25, 0.3) is 0 Å². The number of Topliss-reactive ketones (excluding diaryl/α,β-unsaturated/α-hetero) is 1. The van der Waals surface area contributed by atoms with Gasteiger partial charge in [-0.05, 0) is 112 Å². The molecule has 5 aliphatic carbocycles. The van der Waals surface area contributed by atoms with Gasteiger partial charge in [-0.2, -0.15) is 0 Å². The van der Waals surface area contributed by atoms with Crippen molar-refractivity contribution in [3.63, 3.8) is 0 Å². The third-order valence-electron chi connectivity index (χ3n) is 10.2. The Morgan fingerprint density at radius 3 is 2.41 bits per heavy atom. The molecule has 152 valence electrons. The molecule has 0 saturated heterocycles. The predicted octanol–water partition coefficient (Wildman–Crippen LogP) is 5.61. The Bertz CT molecular complexity index is 616. The van der Waals surface area contributed by atoms with E-state index in [1.807, 2.05) is 0 Å². The summed E-state index contributed by atoms with van der Waals surface area (Å²) in [5, 5.41) is 11.2. The van der Waals surface area contributed by atoms with Crippen molar-refractivity contribution in [2.45, 2.75) is 83.7 Å². The molecular weight excluding hydrogens is 400 g/mol. The van der Waals surface area contributed by atoms with E-state index in [0.29, 0.717) is 22.9 Å². The number of rotatable bonds is 2. The maximum absolute atomic E-state index is 13.0. The summed E-state index contributed by atoms with van der Waals surface area (Å²) in [7, 11) is 0. The number of halogens is 1. The van der Waals surface area contributed by atoms with Crippen LogP contribution in [0.15, 0.2) is 0 Å². The molecule has 2 nitrogen and oxygen atoms in total. The largest absolute Gasteiger partial charge is 0.390 e. The fourth-order valence-electron chi connectivity index (χ4n) is 9.58. The maximum Gasteiger partial charge on any atom is 0.147 e. The number of aliphatic hydroxyl groups is 1. The molecule has 0 bridgehead atoms. The van der Waals surface area contributed by atoms with Crippen LogP contribution in [0.1, 0.15) is 78.1 Å². The number of ketones is 1. The van der Waals surface area contributed by atoms with Crippen LogP contribution in [0.2, 0.25) is 0 Å². The lowest BCUT2D eigenvalue weighted by atomic mass is 9.48. The number of carbonyl (C=O) groups is 1. The number of alkyl halides is 1. The van der Waals surface area contributed by atoms with Crippen LogP contribution in [0.5, 0.6) is 0 Å². The monoisotopic (exact) mass is 436 g/mol. The number of carbonyl (C=O) groups excluding carboxylic acids is 1. The van der Waals surface area contributed by atoms with Gasteiger partial charge < -0.3 is 5.11 Å². The zero-order valence-corrected chi connectivity index (χ0v) is 18.7. The molecule has 1 N–H and O–H groups in total.